The fourth-order valence-corrected chi connectivity index (χ4v) is 9.68. The number of alkyl halides is 2. The number of piperidine rings is 1. The number of allylic oxidation sites excluding steroid dienone is 2. The first-order chi connectivity index (χ1) is 22.0. The van der Waals surface area contributed by atoms with Crippen LogP contribution in [0.2, 0.25) is 0 Å². The minimum atomic E-state index is -1.88. The van der Waals surface area contributed by atoms with E-state index in [1.54, 1.807) is 19.1 Å². The zero-order valence-electron chi connectivity index (χ0n) is 25.8. The second-order valence-corrected chi connectivity index (χ2v) is 14.4. The SMILES string of the molecule is CCOc1cc([C@H]2C3=CC[C@@H]4C(=O)N(C5CCN(Cc6ccccc6)CC5)C(=O)[C@@H]4[C@@H]3C[C@@]3(Cl)C(=O)N(C)C(=O)[C@@]23Cl)ccc1O. The van der Waals surface area contributed by atoms with Crippen LogP contribution in [-0.2, 0) is 25.7 Å². The van der Waals surface area contributed by atoms with E-state index in [0.29, 0.717) is 31.4 Å². The number of likely N-dealkylation sites (tertiary alicyclic amines) is 3. The Morgan fingerprint density at radius 1 is 0.957 bits per heavy atom. The highest BCUT2D eigenvalue weighted by molar-refractivity contribution is 6.53. The molecule has 7 rings (SSSR count). The van der Waals surface area contributed by atoms with E-state index in [1.807, 2.05) is 24.3 Å². The maximum atomic E-state index is 14.4. The molecule has 2 aromatic carbocycles. The van der Waals surface area contributed by atoms with Gasteiger partial charge in [-0.15, -0.1) is 23.2 Å². The molecule has 46 heavy (non-hydrogen) atoms. The second-order valence-electron chi connectivity index (χ2n) is 13.2. The van der Waals surface area contributed by atoms with E-state index in [-0.39, 0.29) is 35.8 Å². The highest BCUT2D eigenvalue weighted by Crippen LogP contribution is 2.65. The van der Waals surface area contributed by atoms with Gasteiger partial charge >= 0.3 is 0 Å². The fraction of sp³-hybridized carbons (Fsp3) is 0.486. The Hall–Kier alpha value is -3.40. The van der Waals surface area contributed by atoms with E-state index in [9.17, 15) is 24.3 Å². The van der Waals surface area contributed by atoms with Crippen molar-refractivity contribution in [2.75, 3.05) is 26.7 Å². The van der Waals surface area contributed by atoms with Crippen molar-refractivity contribution in [2.24, 2.45) is 17.8 Å². The summed E-state index contributed by atoms with van der Waals surface area (Å²) in [5, 5.41) is 10.4. The number of benzene rings is 2. The zero-order chi connectivity index (χ0) is 32.5. The summed E-state index contributed by atoms with van der Waals surface area (Å²) >= 11 is 14.5. The number of aromatic hydroxyl groups is 1. The number of hydrogen-bond donors (Lipinski definition) is 1. The van der Waals surface area contributed by atoms with Crippen LogP contribution in [0.25, 0.3) is 0 Å². The summed E-state index contributed by atoms with van der Waals surface area (Å²) in [6.07, 6.45) is 3.57. The van der Waals surface area contributed by atoms with Crippen molar-refractivity contribution in [3.63, 3.8) is 0 Å². The molecule has 2 aliphatic carbocycles. The topological polar surface area (TPSA) is 107 Å². The summed E-state index contributed by atoms with van der Waals surface area (Å²) in [5.41, 5.74) is 2.48. The average molecular weight is 667 g/mol. The quantitative estimate of drug-likeness (QED) is 0.276. The number of carbonyl (C=O) groups excluding carboxylic acids is 4. The standard InChI is InChI=1S/C35H37Cl2N3O6/c1-3-46-27-17-21(9-12-26(27)41)29-23-10-11-24-28(25(23)18-34(36)32(44)38(2)33(45)35(29,34)37)31(43)40(30(24)42)22-13-15-39(16-14-22)19-20-7-5-4-6-8-20/h4-10,12,17,22,24-25,28-29,41H,3,11,13-16,18-19H2,1-2H3/t24-,25+,28-,29-,34+,35-/m0/s1. The van der Waals surface area contributed by atoms with Crippen molar-refractivity contribution in [1.29, 1.82) is 0 Å². The highest BCUT2D eigenvalue weighted by atomic mass is 35.5. The van der Waals surface area contributed by atoms with Crippen LogP contribution in [-0.4, -0.2) is 86.0 Å². The molecule has 1 N–H and O–H groups in total. The molecule has 3 heterocycles. The third-order valence-corrected chi connectivity index (χ3v) is 12.2. The van der Waals surface area contributed by atoms with Gasteiger partial charge in [0.1, 0.15) is 0 Å². The van der Waals surface area contributed by atoms with Crippen molar-refractivity contribution in [2.45, 2.75) is 60.9 Å². The number of rotatable bonds is 6. The van der Waals surface area contributed by atoms with Gasteiger partial charge in [-0.25, -0.2) is 0 Å². The Kier molecular flexibility index (Phi) is 7.73. The predicted octanol–water partition coefficient (Wildman–Crippen LogP) is 4.44. The maximum Gasteiger partial charge on any atom is 0.253 e. The summed E-state index contributed by atoms with van der Waals surface area (Å²) in [7, 11) is 1.37. The molecule has 3 saturated heterocycles. The van der Waals surface area contributed by atoms with Gasteiger partial charge in [-0.1, -0.05) is 48.0 Å². The van der Waals surface area contributed by atoms with Crippen molar-refractivity contribution in [3.05, 3.63) is 71.3 Å². The molecule has 9 nitrogen and oxygen atoms in total. The lowest BCUT2D eigenvalue weighted by Gasteiger charge is -2.50. The van der Waals surface area contributed by atoms with Gasteiger partial charge in [-0.3, -0.25) is 33.9 Å². The lowest BCUT2D eigenvalue weighted by molar-refractivity contribution is -0.144. The molecule has 242 valence electrons. The van der Waals surface area contributed by atoms with Crippen LogP contribution < -0.4 is 4.74 Å². The normalized spacial score (nSPS) is 33.2. The molecule has 4 amide bonds. The summed E-state index contributed by atoms with van der Waals surface area (Å²) < 4.78 is 5.65. The van der Waals surface area contributed by atoms with Gasteiger partial charge < -0.3 is 9.84 Å². The maximum absolute atomic E-state index is 14.4. The fourth-order valence-electron chi connectivity index (χ4n) is 8.66. The summed E-state index contributed by atoms with van der Waals surface area (Å²) in [6, 6.07) is 14.8. The molecule has 0 aromatic heterocycles. The smallest absolute Gasteiger partial charge is 0.253 e. The average Bonchev–Trinajstić information content (AvgIpc) is 3.38. The van der Waals surface area contributed by atoms with Gasteiger partial charge in [0, 0.05) is 38.6 Å². The van der Waals surface area contributed by atoms with Crippen LogP contribution in [0.3, 0.4) is 0 Å². The van der Waals surface area contributed by atoms with Crippen LogP contribution >= 0.6 is 23.2 Å². The predicted molar refractivity (Wildman–Crippen MR) is 171 cm³/mol. The Labute approximate surface area is 278 Å². The molecular formula is C35H37Cl2N3O6. The van der Waals surface area contributed by atoms with Gasteiger partial charge in [-0.05, 0) is 61.8 Å². The van der Waals surface area contributed by atoms with Gasteiger partial charge in [0.15, 0.2) is 21.2 Å². The van der Waals surface area contributed by atoms with Crippen molar-refractivity contribution < 1.29 is 29.0 Å². The number of imide groups is 2. The van der Waals surface area contributed by atoms with Crippen molar-refractivity contribution in [3.8, 4) is 11.5 Å². The monoisotopic (exact) mass is 665 g/mol. The molecule has 11 heteroatoms. The molecule has 0 unspecified atom stereocenters. The second kappa shape index (κ2) is 11.4. The number of nitrogens with zero attached hydrogens (tertiary/aromatic N) is 3. The molecule has 6 atom stereocenters. The van der Waals surface area contributed by atoms with E-state index < -0.39 is 45.2 Å². The Morgan fingerprint density at radius 3 is 2.37 bits per heavy atom. The first kappa shape index (κ1) is 31.2. The van der Waals surface area contributed by atoms with E-state index in [2.05, 4.69) is 17.0 Å². The number of phenolic OH excluding ortho intramolecular Hbond substituents is 1. The van der Waals surface area contributed by atoms with Gasteiger partial charge in [0.2, 0.25) is 11.8 Å². The number of ether oxygens (including phenoxy) is 1. The van der Waals surface area contributed by atoms with Gasteiger partial charge in [-0.2, -0.15) is 0 Å². The Morgan fingerprint density at radius 2 is 1.67 bits per heavy atom. The largest absolute Gasteiger partial charge is 0.504 e. The molecular weight excluding hydrogens is 629 g/mol. The van der Waals surface area contributed by atoms with Crippen molar-refractivity contribution in [1.82, 2.24) is 14.7 Å². The van der Waals surface area contributed by atoms with Gasteiger partial charge in [0.25, 0.3) is 11.8 Å². The molecule has 2 aromatic rings. The lowest BCUT2D eigenvalue weighted by Crippen LogP contribution is -2.60. The van der Waals surface area contributed by atoms with Crippen molar-refractivity contribution >= 4 is 46.8 Å². The van der Waals surface area contributed by atoms with E-state index in [0.717, 1.165) is 30.1 Å². The molecule has 0 bridgehead atoms. The van der Waals surface area contributed by atoms with Crippen LogP contribution in [0.15, 0.2) is 60.2 Å². The van der Waals surface area contributed by atoms with E-state index in [4.69, 9.17) is 27.9 Å². The molecule has 3 aliphatic heterocycles. The Bertz CT molecular complexity index is 1640. The molecule has 4 fully saturated rings. The molecule has 5 aliphatic rings. The number of carbonyl (C=O) groups is 4. The van der Waals surface area contributed by atoms with E-state index >= 15 is 0 Å². The minimum Gasteiger partial charge on any atom is -0.504 e. The first-order valence-corrected chi connectivity index (χ1v) is 16.8. The zero-order valence-corrected chi connectivity index (χ0v) is 27.3. The number of phenols is 1. The molecule has 0 spiro atoms. The number of hydrogen-bond acceptors (Lipinski definition) is 7. The van der Waals surface area contributed by atoms with E-state index in [1.165, 1.54) is 23.6 Å². The van der Waals surface area contributed by atoms with Crippen LogP contribution in [0.4, 0.5) is 0 Å². The lowest BCUT2D eigenvalue weighted by atomic mass is 9.56. The molecule has 0 radical (unpaired) electrons. The first-order valence-electron chi connectivity index (χ1n) is 16.0. The molecule has 1 saturated carbocycles. The summed E-state index contributed by atoms with van der Waals surface area (Å²) in [5.74, 6) is -4.30. The summed E-state index contributed by atoms with van der Waals surface area (Å²) in [4.78, 5) is 56.9. The number of halogens is 2. The third kappa shape index (κ3) is 4.45. The summed E-state index contributed by atoms with van der Waals surface area (Å²) in [6.45, 7) is 4.44. The third-order valence-electron chi connectivity index (χ3n) is 10.8. The number of fused-ring (bicyclic) bond motifs is 4. The van der Waals surface area contributed by atoms with Crippen LogP contribution in [0, 0.1) is 17.8 Å². The number of amides is 4. The minimum absolute atomic E-state index is 0.0464. The Balaban J connectivity index is 1.21. The van der Waals surface area contributed by atoms with Crippen LogP contribution in [0.1, 0.15) is 49.7 Å². The van der Waals surface area contributed by atoms with Crippen LogP contribution in [0.5, 0.6) is 11.5 Å². The highest BCUT2D eigenvalue weighted by Gasteiger charge is 2.76. The van der Waals surface area contributed by atoms with Gasteiger partial charge in [0.05, 0.1) is 18.4 Å².